The van der Waals surface area contributed by atoms with Crippen molar-refractivity contribution in [2.24, 2.45) is 0 Å². The van der Waals surface area contributed by atoms with Crippen molar-refractivity contribution in [2.75, 3.05) is 5.32 Å². The third kappa shape index (κ3) is 2.57. The van der Waals surface area contributed by atoms with Crippen LogP contribution in [0.2, 0.25) is 0 Å². The number of pyridine rings is 1. The summed E-state index contributed by atoms with van der Waals surface area (Å²) in [4.78, 5) is 5.63. The average molecular weight is 388 g/mol. The minimum absolute atomic E-state index is 0.637. The molecule has 0 saturated heterocycles. The fourth-order valence-corrected chi connectivity index (χ4v) is 3.29. The van der Waals surface area contributed by atoms with Crippen LogP contribution in [0.5, 0.6) is 0 Å². The molecular weight excluding hydrogens is 380 g/mol. The van der Waals surface area contributed by atoms with Crippen LogP contribution in [-0.2, 0) is 6.54 Å². The SMILES string of the molecule is Brc1ccc2nc(NCc3ccc(Br)s3)nn2c1. The van der Waals surface area contributed by atoms with Gasteiger partial charge in [0.25, 0.3) is 0 Å². The zero-order valence-electron chi connectivity index (χ0n) is 9.10. The molecule has 18 heavy (non-hydrogen) atoms. The Balaban J connectivity index is 1.78. The second-order valence-electron chi connectivity index (χ2n) is 3.64. The fraction of sp³-hybridized carbons (Fsp3) is 0.0909. The van der Waals surface area contributed by atoms with Crippen molar-refractivity contribution < 1.29 is 0 Å². The summed E-state index contributed by atoms with van der Waals surface area (Å²) in [5.41, 5.74) is 0.827. The van der Waals surface area contributed by atoms with Gasteiger partial charge in [0.2, 0.25) is 5.95 Å². The highest BCUT2D eigenvalue weighted by atomic mass is 79.9. The predicted octanol–water partition coefficient (Wildman–Crippen LogP) is 3.93. The Morgan fingerprint density at radius 2 is 2.11 bits per heavy atom. The van der Waals surface area contributed by atoms with Gasteiger partial charge in [0.15, 0.2) is 5.65 Å². The molecule has 3 aromatic heterocycles. The largest absolute Gasteiger partial charge is 0.348 e. The van der Waals surface area contributed by atoms with Gasteiger partial charge >= 0.3 is 0 Å². The number of anilines is 1. The topological polar surface area (TPSA) is 42.2 Å². The van der Waals surface area contributed by atoms with Crippen LogP contribution in [0.3, 0.4) is 0 Å². The standard InChI is InChI=1S/C11H8Br2N4S/c12-7-1-4-10-15-11(16-17(10)6-7)14-5-8-2-3-9(13)18-8/h1-4,6H,5H2,(H,14,16). The molecule has 0 unspecified atom stereocenters. The van der Waals surface area contributed by atoms with Crippen LogP contribution in [0.15, 0.2) is 38.7 Å². The van der Waals surface area contributed by atoms with E-state index in [0.29, 0.717) is 5.95 Å². The highest BCUT2D eigenvalue weighted by Crippen LogP contribution is 2.22. The third-order valence-corrected chi connectivity index (χ3v) is 4.44. The van der Waals surface area contributed by atoms with Crippen LogP contribution in [-0.4, -0.2) is 14.6 Å². The van der Waals surface area contributed by atoms with Crippen LogP contribution < -0.4 is 5.32 Å². The monoisotopic (exact) mass is 386 g/mol. The lowest BCUT2D eigenvalue weighted by Crippen LogP contribution is -1.99. The van der Waals surface area contributed by atoms with Crippen LogP contribution >= 0.6 is 43.2 Å². The molecule has 3 rings (SSSR count). The van der Waals surface area contributed by atoms with Gasteiger partial charge in [-0.1, -0.05) is 0 Å². The zero-order chi connectivity index (χ0) is 12.5. The van der Waals surface area contributed by atoms with Crippen LogP contribution in [0.1, 0.15) is 4.88 Å². The quantitative estimate of drug-likeness (QED) is 0.740. The Kier molecular flexibility index (Phi) is 3.36. The Bertz CT molecular complexity index is 691. The molecular formula is C11H8Br2N4S. The summed E-state index contributed by atoms with van der Waals surface area (Å²) in [7, 11) is 0. The van der Waals surface area contributed by atoms with Crippen molar-refractivity contribution in [2.45, 2.75) is 6.54 Å². The van der Waals surface area contributed by atoms with Crippen molar-refractivity contribution in [3.8, 4) is 0 Å². The summed E-state index contributed by atoms with van der Waals surface area (Å²) < 4.78 is 3.86. The predicted molar refractivity (Wildman–Crippen MR) is 80.0 cm³/mol. The Morgan fingerprint density at radius 1 is 1.22 bits per heavy atom. The van der Waals surface area contributed by atoms with Crippen molar-refractivity contribution in [1.82, 2.24) is 14.6 Å². The molecule has 3 aromatic rings. The first-order chi connectivity index (χ1) is 8.70. The lowest BCUT2D eigenvalue weighted by Gasteiger charge is -1.97. The van der Waals surface area contributed by atoms with E-state index in [4.69, 9.17) is 0 Å². The van der Waals surface area contributed by atoms with Gasteiger partial charge in [-0.2, -0.15) is 4.98 Å². The van der Waals surface area contributed by atoms with Gasteiger partial charge in [0.05, 0.1) is 10.3 Å². The van der Waals surface area contributed by atoms with E-state index in [0.717, 1.165) is 20.5 Å². The molecule has 92 valence electrons. The number of hydrogen-bond donors (Lipinski definition) is 1. The highest BCUT2D eigenvalue weighted by Gasteiger charge is 2.04. The molecule has 0 aromatic carbocycles. The summed E-state index contributed by atoms with van der Waals surface area (Å²) >= 11 is 8.55. The molecule has 0 bridgehead atoms. The second-order valence-corrected chi connectivity index (χ2v) is 7.11. The summed E-state index contributed by atoms with van der Waals surface area (Å²) in [6.45, 7) is 0.730. The Labute approximate surface area is 124 Å². The smallest absolute Gasteiger partial charge is 0.243 e. The van der Waals surface area contributed by atoms with Gasteiger partial charge in [-0.15, -0.1) is 16.4 Å². The van der Waals surface area contributed by atoms with E-state index >= 15 is 0 Å². The molecule has 7 heteroatoms. The second kappa shape index (κ2) is 4.99. The minimum Gasteiger partial charge on any atom is -0.348 e. The van der Waals surface area contributed by atoms with Crippen molar-refractivity contribution in [1.29, 1.82) is 0 Å². The molecule has 0 fully saturated rings. The molecule has 0 atom stereocenters. The van der Waals surface area contributed by atoms with E-state index < -0.39 is 0 Å². The minimum atomic E-state index is 0.637. The maximum Gasteiger partial charge on any atom is 0.243 e. The molecule has 0 aliphatic heterocycles. The number of thiophene rings is 1. The fourth-order valence-electron chi connectivity index (χ4n) is 1.55. The van der Waals surface area contributed by atoms with Gasteiger partial charge in [-0.3, -0.25) is 0 Å². The average Bonchev–Trinajstić information content (AvgIpc) is 2.92. The molecule has 3 heterocycles. The molecule has 1 N–H and O–H groups in total. The first-order valence-corrected chi connectivity index (χ1v) is 7.61. The van der Waals surface area contributed by atoms with Crippen molar-refractivity contribution >= 4 is 54.8 Å². The molecule has 0 saturated carbocycles. The van der Waals surface area contributed by atoms with Crippen molar-refractivity contribution in [3.05, 3.63) is 43.6 Å². The number of rotatable bonds is 3. The Morgan fingerprint density at radius 3 is 2.89 bits per heavy atom. The highest BCUT2D eigenvalue weighted by molar-refractivity contribution is 9.11. The summed E-state index contributed by atoms with van der Waals surface area (Å²) in [6.07, 6.45) is 1.88. The van der Waals surface area contributed by atoms with E-state index in [1.807, 2.05) is 24.4 Å². The lowest BCUT2D eigenvalue weighted by atomic mass is 10.5. The number of nitrogens with one attached hydrogen (secondary N) is 1. The lowest BCUT2D eigenvalue weighted by molar-refractivity contribution is 0.948. The molecule has 0 radical (unpaired) electrons. The summed E-state index contributed by atoms with van der Waals surface area (Å²) in [5, 5.41) is 7.57. The normalized spacial score (nSPS) is 11.0. The van der Waals surface area contributed by atoms with E-state index in [9.17, 15) is 0 Å². The number of aromatic nitrogens is 3. The van der Waals surface area contributed by atoms with Gasteiger partial charge in [0, 0.05) is 15.5 Å². The maximum absolute atomic E-state index is 4.39. The first-order valence-electron chi connectivity index (χ1n) is 5.21. The van der Waals surface area contributed by atoms with E-state index in [1.54, 1.807) is 15.9 Å². The molecule has 0 amide bonds. The summed E-state index contributed by atoms with van der Waals surface area (Å²) in [5.74, 6) is 0.637. The van der Waals surface area contributed by atoms with E-state index in [1.165, 1.54) is 4.88 Å². The Hall–Kier alpha value is -0.920. The number of fused-ring (bicyclic) bond motifs is 1. The van der Waals surface area contributed by atoms with Crippen LogP contribution in [0.25, 0.3) is 5.65 Å². The third-order valence-electron chi connectivity index (χ3n) is 2.34. The van der Waals surface area contributed by atoms with E-state index in [-0.39, 0.29) is 0 Å². The maximum atomic E-state index is 4.39. The van der Waals surface area contributed by atoms with Gasteiger partial charge < -0.3 is 5.32 Å². The molecule has 0 aliphatic carbocycles. The first kappa shape index (κ1) is 12.1. The van der Waals surface area contributed by atoms with Crippen LogP contribution in [0.4, 0.5) is 5.95 Å². The molecule has 4 nitrogen and oxygen atoms in total. The van der Waals surface area contributed by atoms with Gasteiger partial charge in [-0.05, 0) is 56.1 Å². The number of hydrogen-bond acceptors (Lipinski definition) is 4. The molecule has 0 spiro atoms. The zero-order valence-corrected chi connectivity index (χ0v) is 13.1. The van der Waals surface area contributed by atoms with E-state index in [2.05, 4.69) is 53.3 Å². The number of nitrogens with zero attached hydrogens (tertiary/aromatic N) is 3. The van der Waals surface area contributed by atoms with Gasteiger partial charge in [-0.25, -0.2) is 4.52 Å². The van der Waals surface area contributed by atoms with Crippen molar-refractivity contribution in [3.63, 3.8) is 0 Å². The molecule has 0 aliphatic rings. The number of halogens is 2. The van der Waals surface area contributed by atoms with Gasteiger partial charge in [0.1, 0.15) is 0 Å². The summed E-state index contributed by atoms with van der Waals surface area (Å²) in [6, 6.07) is 7.98. The van der Waals surface area contributed by atoms with Crippen LogP contribution in [0, 0.1) is 0 Å².